The topological polar surface area (TPSA) is 38.8 Å². The lowest BCUT2D eigenvalue weighted by atomic mass is 10.1. The van der Waals surface area contributed by atoms with E-state index in [1.165, 1.54) is 24.3 Å². The lowest BCUT2D eigenvalue weighted by Crippen LogP contribution is -2.46. The summed E-state index contributed by atoms with van der Waals surface area (Å²) < 4.78 is 23.3. The zero-order valence-electron chi connectivity index (χ0n) is 10.5. The maximum absolute atomic E-state index is 12.7. The second kappa shape index (κ2) is 4.94. The van der Waals surface area contributed by atoms with Crippen molar-refractivity contribution in [2.45, 2.75) is 19.4 Å². The largest absolute Gasteiger partial charge is 0.484 e. The van der Waals surface area contributed by atoms with Gasteiger partial charge in [-0.15, -0.1) is 0 Å². The van der Waals surface area contributed by atoms with E-state index in [-0.39, 0.29) is 23.9 Å². The zero-order chi connectivity index (χ0) is 13.2. The molecule has 0 atom stereocenters. The molecule has 1 saturated heterocycles. The van der Waals surface area contributed by atoms with Crippen LogP contribution in [-0.2, 0) is 9.53 Å². The van der Waals surface area contributed by atoms with Crippen molar-refractivity contribution in [3.63, 3.8) is 0 Å². The Balaban J connectivity index is 1.90. The molecule has 0 bridgehead atoms. The van der Waals surface area contributed by atoms with Crippen molar-refractivity contribution in [1.82, 2.24) is 4.90 Å². The fourth-order valence-corrected chi connectivity index (χ4v) is 1.80. The van der Waals surface area contributed by atoms with E-state index in [2.05, 4.69) is 0 Å². The normalized spacial score (nSPS) is 17.8. The maximum Gasteiger partial charge on any atom is 0.262 e. The summed E-state index contributed by atoms with van der Waals surface area (Å²) >= 11 is 0. The van der Waals surface area contributed by atoms with Crippen LogP contribution in [0.25, 0.3) is 0 Å². The lowest BCUT2D eigenvalue weighted by Gasteiger charge is -2.28. The molecular weight excluding hydrogens is 237 g/mol. The average molecular weight is 253 g/mol. The van der Waals surface area contributed by atoms with E-state index in [9.17, 15) is 9.18 Å². The van der Waals surface area contributed by atoms with Crippen LogP contribution >= 0.6 is 0 Å². The van der Waals surface area contributed by atoms with Crippen molar-refractivity contribution >= 4 is 5.91 Å². The number of hydrogen-bond acceptors (Lipinski definition) is 3. The molecular formula is C13H16FNO3. The molecule has 1 aromatic rings. The van der Waals surface area contributed by atoms with Crippen LogP contribution in [0.1, 0.15) is 13.8 Å². The quantitative estimate of drug-likeness (QED) is 0.824. The number of hydrogen-bond donors (Lipinski definition) is 0. The third-order valence-electron chi connectivity index (χ3n) is 2.88. The summed E-state index contributed by atoms with van der Waals surface area (Å²) in [7, 11) is 0. The van der Waals surface area contributed by atoms with Crippen molar-refractivity contribution in [3.05, 3.63) is 30.1 Å². The van der Waals surface area contributed by atoms with Gasteiger partial charge in [0.1, 0.15) is 18.3 Å². The average Bonchev–Trinajstić information content (AvgIpc) is 2.68. The van der Waals surface area contributed by atoms with Crippen LogP contribution < -0.4 is 4.74 Å². The van der Waals surface area contributed by atoms with Gasteiger partial charge in [0, 0.05) is 0 Å². The van der Waals surface area contributed by atoms with Gasteiger partial charge in [-0.05, 0) is 38.1 Å². The highest BCUT2D eigenvalue weighted by Crippen LogP contribution is 2.21. The molecule has 1 heterocycles. The van der Waals surface area contributed by atoms with E-state index >= 15 is 0 Å². The van der Waals surface area contributed by atoms with Crippen LogP contribution in [0.5, 0.6) is 5.75 Å². The highest BCUT2D eigenvalue weighted by atomic mass is 19.1. The Bertz CT molecular complexity index is 430. The van der Waals surface area contributed by atoms with Crippen LogP contribution in [0.15, 0.2) is 24.3 Å². The second-order valence-electron chi connectivity index (χ2n) is 4.85. The Morgan fingerprint density at radius 2 is 2.11 bits per heavy atom. The number of ether oxygens (including phenoxy) is 2. The lowest BCUT2D eigenvalue weighted by molar-refractivity contribution is -0.137. The van der Waals surface area contributed by atoms with Crippen molar-refractivity contribution in [3.8, 4) is 5.75 Å². The minimum absolute atomic E-state index is 0.0710. The van der Waals surface area contributed by atoms with E-state index in [1.807, 2.05) is 13.8 Å². The van der Waals surface area contributed by atoms with Gasteiger partial charge in [-0.3, -0.25) is 4.79 Å². The Kier molecular flexibility index (Phi) is 3.52. The molecule has 0 unspecified atom stereocenters. The molecule has 1 fully saturated rings. The summed E-state index contributed by atoms with van der Waals surface area (Å²) in [5.74, 6) is 0.00671. The number of amides is 1. The van der Waals surface area contributed by atoms with Gasteiger partial charge in [0.15, 0.2) is 6.61 Å². The molecule has 98 valence electrons. The summed E-state index contributed by atoms with van der Waals surface area (Å²) in [5, 5.41) is 0. The Morgan fingerprint density at radius 1 is 1.44 bits per heavy atom. The molecule has 2 rings (SSSR count). The number of rotatable bonds is 3. The molecule has 0 aromatic heterocycles. The van der Waals surface area contributed by atoms with E-state index in [4.69, 9.17) is 9.47 Å². The number of halogens is 1. The molecule has 0 saturated carbocycles. The van der Waals surface area contributed by atoms with E-state index < -0.39 is 0 Å². The molecule has 0 radical (unpaired) electrons. The predicted octanol–water partition coefficient (Wildman–Crippen LogP) is 1.80. The molecule has 0 N–H and O–H groups in total. The van der Waals surface area contributed by atoms with Crippen LogP contribution in [-0.4, -0.2) is 36.3 Å². The molecule has 4 nitrogen and oxygen atoms in total. The molecule has 1 aliphatic heterocycles. The summed E-state index contributed by atoms with van der Waals surface area (Å²) in [6, 6.07) is 5.58. The zero-order valence-corrected chi connectivity index (χ0v) is 10.5. The smallest absolute Gasteiger partial charge is 0.262 e. The molecule has 5 heteroatoms. The monoisotopic (exact) mass is 253 g/mol. The third kappa shape index (κ3) is 2.79. The fraction of sp³-hybridized carbons (Fsp3) is 0.462. The van der Waals surface area contributed by atoms with Crippen LogP contribution in [0, 0.1) is 5.82 Å². The molecule has 0 spiro atoms. The minimum atomic E-state index is -0.331. The van der Waals surface area contributed by atoms with Crippen molar-refractivity contribution in [2.75, 3.05) is 19.9 Å². The highest BCUT2D eigenvalue weighted by Gasteiger charge is 2.36. The Morgan fingerprint density at radius 3 is 2.67 bits per heavy atom. The van der Waals surface area contributed by atoms with E-state index in [0.29, 0.717) is 19.1 Å². The highest BCUT2D eigenvalue weighted by molar-refractivity contribution is 5.78. The summed E-state index contributed by atoms with van der Waals surface area (Å²) in [5.41, 5.74) is -0.302. The van der Waals surface area contributed by atoms with E-state index in [0.717, 1.165) is 0 Å². The first-order valence-corrected chi connectivity index (χ1v) is 5.76. The molecule has 18 heavy (non-hydrogen) atoms. The molecule has 1 amide bonds. The Hall–Kier alpha value is -1.62. The van der Waals surface area contributed by atoms with Gasteiger partial charge in [-0.1, -0.05) is 0 Å². The first-order valence-electron chi connectivity index (χ1n) is 5.76. The van der Waals surface area contributed by atoms with Crippen LogP contribution in [0.3, 0.4) is 0 Å². The first-order chi connectivity index (χ1) is 8.49. The Labute approximate surface area is 105 Å². The van der Waals surface area contributed by atoms with Gasteiger partial charge in [0.05, 0.1) is 12.1 Å². The summed E-state index contributed by atoms with van der Waals surface area (Å²) in [6.07, 6.45) is 0. The first kappa shape index (κ1) is 12.8. The SMILES string of the molecule is CC1(C)COCN1C(=O)COc1ccc(F)cc1. The van der Waals surface area contributed by atoms with Crippen molar-refractivity contribution in [2.24, 2.45) is 0 Å². The van der Waals surface area contributed by atoms with Gasteiger partial charge in [-0.25, -0.2) is 4.39 Å². The molecule has 1 aromatic carbocycles. The van der Waals surface area contributed by atoms with Crippen molar-refractivity contribution in [1.29, 1.82) is 0 Å². The van der Waals surface area contributed by atoms with Crippen molar-refractivity contribution < 1.29 is 18.7 Å². The van der Waals surface area contributed by atoms with E-state index in [1.54, 1.807) is 4.90 Å². The van der Waals surface area contributed by atoms with Gasteiger partial charge < -0.3 is 14.4 Å². The number of nitrogens with zero attached hydrogens (tertiary/aromatic N) is 1. The van der Waals surface area contributed by atoms with Gasteiger partial charge in [0.2, 0.25) is 0 Å². The van der Waals surface area contributed by atoms with Crippen LogP contribution in [0.4, 0.5) is 4.39 Å². The second-order valence-corrected chi connectivity index (χ2v) is 4.85. The van der Waals surface area contributed by atoms with Gasteiger partial charge >= 0.3 is 0 Å². The maximum atomic E-state index is 12.7. The fourth-order valence-electron chi connectivity index (χ4n) is 1.80. The standard InChI is InChI=1S/C13H16FNO3/c1-13(2)8-17-9-15(13)12(16)7-18-11-5-3-10(14)4-6-11/h3-6H,7-9H2,1-2H3. The molecule has 0 aliphatic carbocycles. The summed E-state index contributed by atoms with van der Waals surface area (Å²) in [4.78, 5) is 13.6. The summed E-state index contributed by atoms with van der Waals surface area (Å²) in [6.45, 7) is 4.62. The third-order valence-corrected chi connectivity index (χ3v) is 2.88. The number of benzene rings is 1. The van der Waals surface area contributed by atoms with Gasteiger partial charge in [-0.2, -0.15) is 0 Å². The van der Waals surface area contributed by atoms with Gasteiger partial charge in [0.25, 0.3) is 5.91 Å². The predicted molar refractivity (Wildman–Crippen MR) is 63.6 cm³/mol. The van der Waals surface area contributed by atoms with Crippen LogP contribution in [0.2, 0.25) is 0 Å². The number of carbonyl (C=O) groups is 1. The minimum Gasteiger partial charge on any atom is -0.484 e. The molecule has 1 aliphatic rings. The number of carbonyl (C=O) groups excluding carboxylic acids is 1.